The number of rotatable bonds is 6. The van der Waals surface area contributed by atoms with E-state index in [-0.39, 0.29) is 16.8 Å². The molecule has 5 nitrogen and oxygen atoms in total. The first kappa shape index (κ1) is 18.4. The summed E-state index contributed by atoms with van der Waals surface area (Å²) in [7, 11) is -3.56. The second kappa shape index (κ2) is 7.08. The van der Waals surface area contributed by atoms with Crippen LogP contribution in [0.2, 0.25) is 0 Å². The summed E-state index contributed by atoms with van der Waals surface area (Å²) in [5, 5.41) is 3.12. The molecule has 0 spiro atoms. The minimum Gasteiger partial charge on any atom is -0.349 e. The second-order valence-corrected chi connectivity index (χ2v) is 9.35. The van der Waals surface area contributed by atoms with E-state index in [1.165, 1.54) is 31.7 Å². The van der Waals surface area contributed by atoms with E-state index in [1.807, 2.05) is 6.92 Å². The van der Waals surface area contributed by atoms with Crippen molar-refractivity contribution >= 4 is 15.9 Å². The molecular weight excluding hydrogens is 336 g/mol. The Morgan fingerprint density at radius 1 is 1.28 bits per heavy atom. The van der Waals surface area contributed by atoms with Gasteiger partial charge in [-0.2, -0.15) is 0 Å². The Balaban J connectivity index is 1.75. The highest BCUT2D eigenvalue weighted by Gasteiger charge is 2.42. The molecule has 2 N–H and O–H groups in total. The average Bonchev–Trinajstić information content (AvgIpc) is 3.18. The lowest BCUT2D eigenvalue weighted by Gasteiger charge is -2.28. The van der Waals surface area contributed by atoms with E-state index in [1.54, 1.807) is 19.1 Å². The minimum atomic E-state index is -3.56. The zero-order valence-corrected chi connectivity index (χ0v) is 16.0. The lowest BCUT2D eigenvalue weighted by Crippen LogP contribution is -2.40. The Morgan fingerprint density at radius 3 is 2.64 bits per heavy atom. The van der Waals surface area contributed by atoms with Crippen LogP contribution < -0.4 is 10.0 Å². The SMILES string of the molecule is CCNS(=O)(=O)c1ccc(C)c(C(=O)N[C@@H](C)[C@@H]2C[C@@H]3CC[C@@H]2C3)c1. The van der Waals surface area contributed by atoms with Crippen molar-refractivity contribution in [2.45, 2.75) is 57.4 Å². The summed E-state index contributed by atoms with van der Waals surface area (Å²) in [6, 6.07) is 4.84. The predicted molar refractivity (Wildman–Crippen MR) is 97.9 cm³/mol. The third-order valence-electron chi connectivity index (χ3n) is 5.89. The predicted octanol–water partition coefficient (Wildman–Crippen LogP) is 2.85. The van der Waals surface area contributed by atoms with Gasteiger partial charge in [-0.05, 0) is 68.6 Å². The van der Waals surface area contributed by atoms with Crippen LogP contribution >= 0.6 is 0 Å². The number of hydrogen-bond acceptors (Lipinski definition) is 3. The van der Waals surface area contributed by atoms with Gasteiger partial charge in [-0.25, -0.2) is 13.1 Å². The molecule has 2 saturated carbocycles. The normalized spacial score (nSPS) is 26.6. The van der Waals surface area contributed by atoms with Gasteiger partial charge in [-0.3, -0.25) is 4.79 Å². The van der Waals surface area contributed by atoms with E-state index >= 15 is 0 Å². The molecular formula is C19H28N2O3S. The van der Waals surface area contributed by atoms with Crippen LogP contribution in [0.4, 0.5) is 0 Å². The fraction of sp³-hybridized carbons (Fsp3) is 0.632. The molecule has 138 valence electrons. The lowest BCUT2D eigenvalue weighted by atomic mass is 9.84. The van der Waals surface area contributed by atoms with Gasteiger partial charge in [0.05, 0.1) is 4.90 Å². The number of aryl methyl sites for hydroxylation is 1. The summed E-state index contributed by atoms with van der Waals surface area (Å²) < 4.78 is 26.9. The van der Waals surface area contributed by atoms with Gasteiger partial charge in [0, 0.05) is 18.2 Å². The molecule has 25 heavy (non-hydrogen) atoms. The maximum absolute atomic E-state index is 12.7. The standard InChI is InChI=1S/C19H28N2O3S/c1-4-20-25(23,24)16-8-5-12(2)17(11-16)19(22)21-13(3)18-10-14-6-7-15(18)9-14/h5,8,11,13-15,18,20H,4,6-7,9-10H2,1-3H3,(H,21,22)/t13-,14+,15+,18-/m0/s1. The van der Waals surface area contributed by atoms with Gasteiger partial charge in [0.2, 0.25) is 10.0 Å². The van der Waals surface area contributed by atoms with Crippen molar-refractivity contribution in [3.8, 4) is 0 Å². The number of sulfonamides is 1. The number of hydrogen-bond donors (Lipinski definition) is 2. The van der Waals surface area contributed by atoms with Crippen LogP contribution in [0.15, 0.2) is 23.1 Å². The number of amides is 1. The molecule has 6 heteroatoms. The number of fused-ring (bicyclic) bond motifs is 2. The number of nitrogens with one attached hydrogen (secondary N) is 2. The topological polar surface area (TPSA) is 75.3 Å². The van der Waals surface area contributed by atoms with Crippen molar-refractivity contribution in [3.63, 3.8) is 0 Å². The first-order valence-corrected chi connectivity index (χ1v) is 10.7. The Bertz CT molecular complexity index is 760. The maximum Gasteiger partial charge on any atom is 0.251 e. The third-order valence-corrected chi connectivity index (χ3v) is 7.44. The van der Waals surface area contributed by atoms with Crippen molar-refractivity contribution < 1.29 is 13.2 Å². The molecule has 1 aromatic carbocycles. The first-order valence-electron chi connectivity index (χ1n) is 9.23. The van der Waals surface area contributed by atoms with E-state index in [0.29, 0.717) is 18.0 Å². The van der Waals surface area contributed by atoms with Crippen molar-refractivity contribution in [3.05, 3.63) is 29.3 Å². The molecule has 2 aliphatic rings. The van der Waals surface area contributed by atoms with Crippen LogP contribution in [0.3, 0.4) is 0 Å². The summed E-state index contributed by atoms with van der Waals surface area (Å²) in [6.45, 7) is 5.97. The molecule has 0 radical (unpaired) electrons. The molecule has 0 aromatic heterocycles. The van der Waals surface area contributed by atoms with Crippen molar-refractivity contribution in [1.29, 1.82) is 0 Å². The van der Waals surface area contributed by atoms with Crippen LogP contribution in [0, 0.1) is 24.7 Å². The summed E-state index contributed by atoms with van der Waals surface area (Å²) in [6.07, 6.45) is 5.14. The monoisotopic (exact) mass is 364 g/mol. The molecule has 1 amide bonds. The van der Waals surface area contributed by atoms with Gasteiger partial charge < -0.3 is 5.32 Å². The molecule has 2 fully saturated rings. The van der Waals surface area contributed by atoms with E-state index in [2.05, 4.69) is 17.0 Å². The lowest BCUT2D eigenvalue weighted by molar-refractivity contribution is 0.0914. The zero-order chi connectivity index (χ0) is 18.2. The largest absolute Gasteiger partial charge is 0.349 e. The smallest absolute Gasteiger partial charge is 0.251 e. The maximum atomic E-state index is 12.7. The molecule has 4 atom stereocenters. The van der Waals surface area contributed by atoms with Gasteiger partial charge in [0.25, 0.3) is 5.91 Å². The second-order valence-electron chi connectivity index (χ2n) is 7.58. The Labute approximate surface area is 150 Å². The van der Waals surface area contributed by atoms with Gasteiger partial charge in [-0.1, -0.05) is 19.4 Å². The Kier molecular flexibility index (Phi) is 5.21. The average molecular weight is 365 g/mol. The van der Waals surface area contributed by atoms with Crippen LogP contribution in [-0.4, -0.2) is 26.9 Å². The number of carbonyl (C=O) groups is 1. The fourth-order valence-corrected chi connectivity index (χ4v) is 5.65. The molecule has 2 bridgehead atoms. The summed E-state index contributed by atoms with van der Waals surface area (Å²) in [5.41, 5.74) is 1.22. The number of carbonyl (C=O) groups excluding carboxylic acids is 1. The van der Waals surface area contributed by atoms with Gasteiger partial charge in [0.15, 0.2) is 0 Å². The molecule has 0 heterocycles. The summed E-state index contributed by atoms with van der Waals surface area (Å²) in [4.78, 5) is 12.9. The van der Waals surface area contributed by atoms with Gasteiger partial charge in [0.1, 0.15) is 0 Å². The first-order chi connectivity index (χ1) is 11.8. The van der Waals surface area contributed by atoms with Crippen molar-refractivity contribution in [2.75, 3.05) is 6.54 Å². The van der Waals surface area contributed by atoms with Gasteiger partial charge in [-0.15, -0.1) is 0 Å². The molecule has 0 saturated heterocycles. The highest BCUT2D eigenvalue weighted by Crippen LogP contribution is 2.49. The summed E-state index contributed by atoms with van der Waals surface area (Å²) >= 11 is 0. The van der Waals surface area contributed by atoms with Crippen molar-refractivity contribution in [2.24, 2.45) is 17.8 Å². The van der Waals surface area contributed by atoms with Crippen LogP contribution in [0.1, 0.15) is 55.5 Å². The summed E-state index contributed by atoms with van der Waals surface area (Å²) in [5.74, 6) is 1.95. The van der Waals surface area contributed by atoms with E-state index in [0.717, 1.165) is 17.4 Å². The van der Waals surface area contributed by atoms with E-state index < -0.39 is 10.0 Å². The molecule has 1 aromatic rings. The number of benzene rings is 1. The molecule has 0 unspecified atom stereocenters. The quantitative estimate of drug-likeness (QED) is 0.815. The van der Waals surface area contributed by atoms with Crippen LogP contribution in [0.25, 0.3) is 0 Å². The highest BCUT2D eigenvalue weighted by molar-refractivity contribution is 7.89. The third kappa shape index (κ3) is 3.75. The zero-order valence-electron chi connectivity index (χ0n) is 15.2. The van der Waals surface area contributed by atoms with Gasteiger partial charge >= 0.3 is 0 Å². The highest BCUT2D eigenvalue weighted by atomic mass is 32.2. The van der Waals surface area contributed by atoms with Crippen LogP contribution in [-0.2, 0) is 10.0 Å². The molecule has 3 rings (SSSR count). The fourth-order valence-electron chi connectivity index (χ4n) is 4.58. The molecule has 2 aliphatic carbocycles. The van der Waals surface area contributed by atoms with E-state index in [9.17, 15) is 13.2 Å². The Hall–Kier alpha value is -1.40. The van der Waals surface area contributed by atoms with Crippen LogP contribution in [0.5, 0.6) is 0 Å². The Morgan fingerprint density at radius 2 is 2.04 bits per heavy atom. The molecule has 0 aliphatic heterocycles. The van der Waals surface area contributed by atoms with E-state index in [4.69, 9.17) is 0 Å². The van der Waals surface area contributed by atoms with Crippen molar-refractivity contribution in [1.82, 2.24) is 10.0 Å². The minimum absolute atomic E-state index is 0.122.